The van der Waals surface area contributed by atoms with Gasteiger partial charge in [-0.05, 0) is 55.3 Å². The second-order valence-corrected chi connectivity index (χ2v) is 5.62. The molecule has 2 fully saturated rings. The van der Waals surface area contributed by atoms with E-state index in [1.54, 1.807) is 6.42 Å². The molecule has 2 saturated carbocycles. The molecule has 0 saturated heterocycles. The van der Waals surface area contributed by atoms with Crippen LogP contribution in [0.15, 0.2) is 0 Å². The third-order valence-corrected chi connectivity index (χ3v) is 4.34. The van der Waals surface area contributed by atoms with Crippen molar-refractivity contribution in [3.8, 4) is 0 Å². The van der Waals surface area contributed by atoms with Gasteiger partial charge in [-0.3, -0.25) is 0 Å². The highest BCUT2D eigenvalue weighted by Crippen LogP contribution is 2.62. The van der Waals surface area contributed by atoms with Gasteiger partial charge in [-0.2, -0.15) is 0 Å². The summed E-state index contributed by atoms with van der Waals surface area (Å²) in [7, 11) is 0. The summed E-state index contributed by atoms with van der Waals surface area (Å²) >= 11 is 0. The van der Waals surface area contributed by atoms with Crippen molar-refractivity contribution in [2.24, 2.45) is 23.2 Å². The lowest BCUT2D eigenvalue weighted by Crippen LogP contribution is -2.38. The number of hydrogen-bond acceptors (Lipinski definition) is 0. The highest BCUT2D eigenvalue weighted by molar-refractivity contribution is 5.02. The first kappa shape index (κ1) is 8.59. The van der Waals surface area contributed by atoms with Gasteiger partial charge in [-0.1, -0.05) is 20.8 Å². The van der Waals surface area contributed by atoms with E-state index in [2.05, 4.69) is 20.8 Å². The molecule has 0 heteroatoms. The normalized spacial score (nSPS) is 46.0. The van der Waals surface area contributed by atoms with Crippen LogP contribution in [-0.2, 0) is 0 Å². The topological polar surface area (TPSA) is 0 Å². The second-order valence-electron chi connectivity index (χ2n) is 5.62. The van der Waals surface area contributed by atoms with Gasteiger partial charge in [0.2, 0.25) is 0 Å². The molecule has 0 aromatic heterocycles. The van der Waals surface area contributed by atoms with Crippen LogP contribution in [0, 0.1) is 23.2 Å². The third kappa shape index (κ3) is 1.11. The highest BCUT2D eigenvalue weighted by Gasteiger charge is 2.52. The second kappa shape index (κ2) is 2.75. The van der Waals surface area contributed by atoms with Crippen molar-refractivity contribution in [2.75, 3.05) is 0 Å². The van der Waals surface area contributed by atoms with Crippen molar-refractivity contribution in [3.63, 3.8) is 0 Å². The molecule has 0 amide bonds. The van der Waals surface area contributed by atoms with Crippen LogP contribution in [0.25, 0.3) is 0 Å². The summed E-state index contributed by atoms with van der Waals surface area (Å²) in [4.78, 5) is 0. The van der Waals surface area contributed by atoms with Crippen LogP contribution < -0.4 is 0 Å². The Morgan fingerprint density at radius 3 is 2.33 bits per heavy atom. The first-order chi connectivity index (χ1) is 5.64. The molecule has 0 aliphatic heterocycles. The van der Waals surface area contributed by atoms with E-state index in [9.17, 15) is 0 Å². The molecule has 2 rings (SSSR count). The van der Waals surface area contributed by atoms with Gasteiger partial charge in [0.25, 0.3) is 0 Å². The maximum atomic E-state index is 2.46. The van der Waals surface area contributed by atoms with Crippen LogP contribution in [0.2, 0.25) is 0 Å². The quantitative estimate of drug-likeness (QED) is 0.584. The summed E-state index contributed by atoms with van der Waals surface area (Å²) in [6, 6.07) is 0. The summed E-state index contributed by atoms with van der Waals surface area (Å²) in [6.07, 6.45) is 7.63. The summed E-state index contributed by atoms with van der Waals surface area (Å²) < 4.78 is 0. The lowest BCUT2D eigenvalue weighted by molar-refractivity contribution is 0.0213. The van der Waals surface area contributed by atoms with Crippen molar-refractivity contribution < 1.29 is 0 Å². The van der Waals surface area contributed by atoms with Crippen molar-refractivity contribution >= 4 is 0 Å². The monoisotopic (exact) mass is 166 g/mol. The molecule has 3 unspecified atom stereocenters. The van der Waals surface area contributed by atoms with E-state index in [-0.39, 0.29) is 0 Å². The molecular weight excluding hydrogens is 144 g/mol. The van der Waals surface area contributed by atoms with Gasteiger partial charge in [-0.15, -0.1) is 0 Å². The molecule has 0 spiro atoms. The number of rotatable bonds is 2. The van der Waals surface area contributed by atoms with Crippen LogP contribution in [-0.4, -0.2) is 0 Å². The maximum Gasteiger partial charge on any atom is -0.0264 e. The Morgan fingerprint density at radius 1 is 1.25 bits per heavy atom. The summed E-state index contributed by atoms with van der Waals surface area (Å²) in [5, 5.41) is 0. The largest absolute Gasteiger partial charge is 0.0628 e. The molecule has 0 nitrogen and oxygen atoms in total. The molecule has 0 bridgehead atoms. The first-order valence-corrected chi connectivity index (χ1v) is 5.64. The van der Waals surface area contributed by atoms with E-state index in [1.807, 2.05) is 0 Å². The average molecular weight is 166 g/mol. The Balaban J connectivity index is 2.02. The van der Waals surface area contributed by atoms with E-state index < -0.39 is 0 Å². The van der Waals surface area contributed by atoms with Crippen molar-refractivity contribution in [1.29, 1.82) is 0 Å². The Bertz CT molecular complexity index is 171. The Morgan fingerprint density at radius 2 is 1.92 bits per heavy atom. The van der Waals surface area contributed by atoms with E-state index in [4.69, 9.17) is 0 Å². The molecular formula is C12H22. The van der Waals surface area contributed by atoms with Crippen molar-refractivity contribution in [1.82, 2.24) is 0 Å². The maximum absolute atomic E-state index is 2.46. The molecule has 0 aromatic carbocycles. The zero-order valence-electron chi connectivity index (χ0n) is 8.77. The molecule has 0 radical (unpaired) electrons. The fourth-order valence-electron chi connectivity index (χ4n) is 3.80. The SMILES string of the molecule is CC(C)CC12CCC(C)C1CC2. The van der Waals surface area contributed by atoms with Gasteiger partial charge in [0.05, 0.1) is 0 Å². The van der Waals surface area contributed by atoms with Gasteiger partial charge >= 0.3 is 0 Å². The molecule has 70 valence electrons. The van der Waals surface area contributed by atoms with Gasteiger partial charge in [0.1, 0.15) is 0 Å². The van der Waals surface area contributed by atoms with Gasteiger partial charge in [0.15, 0.2) is 0 Å². The molecule has 0 N–H and O–H groups in total. The van der Waals surface area contributed by atoms with Crippen LogP contribution >= 0.6 is 0 Å². The van der Waals surface area contributed by atoms with E-state index in [1.165, 1.54) is 25.7 Å². The van der Waals surface area contributed by atoms with Crippen molar-refractivity contribution in [3.05, 3.63) is 0 Å². The first-order valence-electron chi connectivity index (χ1n) is 5.64. The minimum atomic E-state index is 0.827. The number of fused-ring (bicyclic) bond motifs is 1. The highest BCUT2D eigenvalue weighted by atomic mass is 14.6. The fraction of sp³-hybridized carbons (Fsp3) is 1.00. The molecule has 12 heavy (non-hydrogen) atoms. The zero-order chi connectivity index (χ0) is 8.77. The zero-order valence-corrected chi connectivity index (χ0v) is 8.77. The van der Waals surface area contributed by atoms with Gasteiger partial charge < -0.3 is 0 Å². The minimum absolute atomic E-state index is 0.827. The lowest BCUT2D eigenvalue weighted by atomic mass is 9.57. The predicted octanol–water partition coefficient (Wildman–Crippen LogP) is 3.86. The standard InChI is InChI=1S/C12H22/c1-9(2)8-12-6-4-10(3)11(12)5-7-12/h9-11H,4-8H2,1-3H3. The minimum Gasteiger partial charge on any atom is -0.0628 e. The van der Waals surface area contributed by atoms with E-state index in [0.29, 0.717) is 0 Å². The van der Waals surface area contributed by atoms with E-state index in [0.717, 1.165) is 23.2 Å². The molecule has 3 atom stereocenters. The summed E-state index contributed by atoms with van der Waals surface area (Å²) in [5.74, 6) is 3.07. The predicted molar refractivity (Wildman–Crippen MR) is 53.0 cm³/mol. The van der Waals surface area contributed by atoms with Crippen LogP contribution in [0.1, 0.15) is 52.9 Å². The number of hydrogen-bond donors (Lipinski definition) is 0. The Kier molecular flexibility index (Phi) is 1.97. The van der Waals surface area contributed by atoms with Gasteiger partial charge in [-0.25, -0.2) is 0 Å². The molecule has 2 aliphatic carbocycles. The Hall–Kier alpha value is 0. The smallest absolute Gasteiger partial charge is 0.0264 e. The van der Waals surface area contributed by atoms with Crippen molar-refractivity contribution in [2.45, 2.75) is 52.9 Å². The molecule has 0 heterocycles. The summed E-state index contributed by atoms with van der Waals surface area (Å²) in [6.45, 7) is 7.23. The molecule has 2 aliphatic rings. The average Bonchev–Trinajstić information content (AvgIpc) is 2.11. The van der Waals surface area contributed by atoms with Crippen LogP contribution in [0.3, 0.4) is 0 Å². The fourth-order valence-corrected chi connectivity index (χ4v) is 3.80. The van der Waals surface area contributed by atoms with E-state index >= 15 is 0 Å². The third-order valence-electron chi connectivity index (χ3n) is 4.34. The van der Waals surface area contributed by atoms with Gasteiger partial charge in [0, 0.05) is 0 Å². The van der Waals surface area contributed by atoms with Crippen LogP contribution in [0.4, 0.5) is 0 Å². The summed E-state index contributed by atoms with van der Waals surface area (Å²) in [5.41, 5.74) is 0.827. The lowest BCUT2D eigenvalue weighted by Gasteiger charge is -2.48. The van der Waals surface area contributed by atoms with Crippen LogP contribution in [0.5, 0.6) is 0 Å². The Labute approximate surface area is 76.7 Å². The molecule has 0 aromatic rings.